The first-order valence-electron chi connectivity index (χ1n) is 10.9. The zero-order valence-electron chi connectivity index (χ0n) is 18.7. The van der Waals surface area contributed by atoms with Crippen molar-refractivity contribution in [1.29, 1.82) is 0 Å². The molecule has 5 aromatic rings. The summed E-state index contributed by atoms with van der Waals surface area (Å²) in [6.45, 7) is 0.126. The number of nitrogens with one attached hydrogen (secondary N) is 1. The lowest BCUT2D eigenvalue weighted by Gasteiger charge is -2.08. The van der Waals surface area contributed by atoms with Crippen LogP contribution in [-0.2, 0) is 11.8 Å². The van der Waals surface area contributed by atoms with E-state index in [2.05, 4.69) is 10.4 Å². The van der Waals surface area contributed by atoms with E-state index in [9.17, 15) is 4.79 Å². The van der Waals surface area contributed by atoms with Crippen LogP contribution < -0.4 is 19.5 Å². The second-order valence-electron chi connectivity index (χ2n) is 7.99. The molecule has 0 saturated carbocycles. The van der Waals surface area contributed by atoms with E-state index in [4.69, 9.17) is 19.2 Å². The normalized spacial score (nSPS) is 12.1. The topological polar surface area (TPSA) is 87.5 Å². The smallest absolute Gasteiger partial charge is 0.263 e. The predicted octanol–water partition coefficient (Wildman–Crippen LogP) is 5.11. The summed E-state index contributed by atoms with van der Waals surface area (Å²) in [7, 11) is 1.77. The number of benzene rings is 3. The van der Waals surface area contributed by atoms with Crippen molar-refractivity contribution in [1.82, 2.24) is 14.8 Å². The fraction of sp³-hybridized carbons (Fsp3) is 0.115. The molecule has 3 aromatic carbocycles. The number of aromatic nitrogens is 3. The number of fused-ring (bicyclic) bond motifs is 2. The molecule has 1 amide bonds. The number of nitrogens with zero attached hydrogens (tertiary/aromatic N) is 3. The third-order valence-electron chi connectivity index (χ3n) is 5.63. The van der Waals surface area contributed by atoms with Gasteiger partial charge in [-0.3, -0.25) is 9.48 Å². The average molecular weight is 485 g/mol. The van der Waals surface area contributed by atoms with E-state index in [1.54, 1.807) is 17.8 Å². The Morgan fingerprint density at radius 1 is 1.03 bits per heavy atom. The molecule has 1 aliphatic heterocycles. The number of hydrogen-bond acceptors (Lipinski definition) is 7. The first-order valence-corrected chi connectivity index (χ1v) is 11.8. The van der Waals surface area contributed by atoms with Crippen LogP contribution >= 0.6 is 11.3 Å². The molecule has 0 fully saturated rings. The van der Waals surface area contributed by atoms with Crippen molar-refractivity contribution >= 4 is 33.8 Å². The number of hydrogen-bond donors (Lipinski definition) is 1. The number of thiazole rings is 1. The van der Waals surface area contributed by atoms with E-state index in [-0.39, 0.29) is 19.3 Å². The van der Waals surface area contributed by atoms with Crippen molar-refractivity contribution in [3.8, 4) is 39.2 Å². The van der Waals surface area contributed by atoms with Gasteiger partial charge in [0.05, 0.1) is 5.69 Å². The molecule has 1 aliphatic rings. The monoisotopic (exact) mass is 484 g/mol. The van der Waals surface area contributed by atoms with Crippen molar-refractivity contribution in [2.24, 2.45) is 7.05 Å². The number of carbonyl (C=O) groups is 1. The van der Waals surface area contributed by atoms with Gasteiger partial charge in [-0.25, -0.2) is 4.98 Å². The summed E-state index contributed by atoms with van der Waals surface area (Å²) in [6.07, 6.45) is 0. The first kappa shape index (κ1) is 21.2. The largest absolute Gasteiger partial charge is 0.484 e. The summed E-state index contributed by atoms with van der Waals surface area (Å²) in [6, 6.07) is 21.3. The molecule has 0 atom stereocenters. The number of anilines is 1. The molecule has 0 aliphatic carbocycles. The fourth-order valence-corrected chi connectivity index (χ4v) is 4.64. The van der Waals surface area contributed by atoms with Crippen LogP contribution in [0.25, 0.3) is 32.7 Å². The van der Waals surface area contributed by atoms with Gasteiger partial charge in [0.15, 0.2) is 18.1 Å². The molecule has 174 valence electrons. The third kappa shape index (κ3) is 4.29. The van der Waals surface area contributed by atoms with E-state index < -0.39 is 0 Å². The third-order valence-corrected chi connectivity index (χ3v) is 6.49. The summed E-state index contributed by atoms with van der Waals surface area (Å²) in [4.78, 5) is 17.2. The molecule has 35 heavy (non-hydrogen) atoms. The van der Waals surface area contributed by atoms with Crippen molar-refractivity contribution in [3.63, 3.8) is 0 Å². The van der Waals surface area contributed by atoms with Gasteiger partial charge in [0.2, 0.25) is 6.79 Å². The Labute approximate surface area is 204 Å². The molecule has 0 spiro atoms. The molecule has 6 rings (SSSR count). The van der Waals surface area contributed by atoms with E-state index in [1.807, 2.05) is 66.0 Å². The lowest BCUT2D eigenvalue weighted by molar-refractivity contribution is -0.118. The Kier molecular flexibility index (Phi) is 5.31. The average Bonchev–Trinajstić information content (AvgIpc) is 3.62. The highest BCUT2D eigenvalue weighted by Crippen LogP contribution is 2.37. The van der Waals surface area contributed by atoms with E-state index in [0.717, 1.165) is 32.8 Å². The molecule has 0 radical (unpaired) electrons. The number of carbonyl (C=O) groups excluding carboxylic acids is 1. The first-order chi connectivity index (χ1) is 17.1. The van der Waals surface area contributed by atoms with Gasteiger partial charge in [-0.1, -0.05) is 30.3 Å². The second kappa shape index (κ2) is 8.77. The number of rotatable bonds is 6. The molecular weight excluding hydrogens is 464 g/mol. The molecule has 8 nitrogen and oxygen atoms in total. The lowest BCUT2D eigenvalue weighted by atomic mass is 10.1. The van der Waals surface area contributed by atoms with Gasteiger partial charge in [-0.15, -0.1) is 11.3 Å². The van der Waals surface area contributed by atoms with Crippen LogP contribution in [-0.4, -0.2) is 34.1 Å². The number of aryl methyl sites for hydroxylation is 1. The van der Waals surface area contributed by atoms with Crippen LogP contribution in [0.2, 0.25) is 0 Å². The Bertz CT molecular complexity index is 1560. The fourth-order valence-electron chi connectivity index (χ4n) is 3.85. The summed E-state index contributed by atoms with van der Waals surface area (Å²) in [5.74, 6) is 2.38. The summed E-state index contributed by atoms with van der Waals surface area (Å²) in [5, 5.41) is 12.3. The molecule has 3 heterocycles. The van der Waals surface area contributed by atoms with Gasteiger partial charge in [0, 0.05) is 24.1 Å². The summed E-state index contributed by atoms with van der Waals surface area (Å²) in [5.41, 5.74) is 2.44. The van der Waals surface area contributed by atoms with E-state index in [1.165, 1.54) is 11.3 Å². The SMILES string of the molecule is Cn1nc(-c2nc(-c3ccc4c(c3)OCO4)cs2)cc1NC(=O)COc1ccc2ccccc2c1. The van der Waals surface area contributed by atoms with Crippen molar-refractivity contribution in [3.05, 3.63) is 72.1 Å². The maximum absolute atomic E-state index is 12.5. The van der Waals surface area contributed by atoms with Crippen molar-refractivity contribution in [2.45, 2.75) is 0 Å². The second-order valence-corrected chi connectivity index (χ2v) is 8.85. The maximum Gasteiger partial charge on any atom is 0.263 e. The molecule has 1 N–H and O–H groups in total. The van der Waals surface area contributed by atoms with Gasteiger partial charge in [-0.2, -0.15) is 5.10 Å². The number of amides is 1. The summed E-state index contributed by atoms with van der Waals surface area (Å²) >= 11 is 1.48. The Balaban J connectivity index is 1.12. The summed E-state index contributed by atoms with van der Waals surface area (Å²) < 4.78 is 18.1. The van der Waals surface area contributed by atoms with E-state index in [0.29, 0.717) is 23.0 Å². The van der Waals surface area contributed by atoms with Crippen LogP contribution in [0.4, 0.5) is 5.82 Å². The van der Waals surface area contributed by atoms with E-state index >= 15 is 0 Å². The zero-order valence-corrected chi connectivity index (χ0v) is 19.5. The number of ether oxygens (including phenoxy) is 3. The minimum atomic E-state index is -0.270. The predicted molar refractivity (Wildman–Crippen MR) is 134 cm³/mol. The Morgan fingerprint density at radius 3 is 2.80 bits per heavy atom. The molecule has 0 saturated heterocycles. The van der Waals surface area contributed by atoms with Crippen LogP contribution in [0.5, 0.6) is 17.2 Å². The van der Waals surface area contributed by atoms with Gasteiger partial charge >= 0.3 is 0 Å². The Morgan fingerprint density at radius 2 is 1.89 bits per heavy atom. The highest BCUT2D eigenvalue weighted by atomic mass is 32.1. The minimum absolute atomic E-state index is 0.107. The molecule has 2 aromatic heterocycles. The molecule has 0 unspecified atom stereocenters. The highest BCUT2D eigenvalue weighted by molar-refractivity contribution is 7.13. The van der Waals surface area contributed by atoms with Crippen molar-refractivity contribution in [2.75, 3.05) is 18.7 Å². The highest BCUT2D eigenvalue weighted by Gasteiger charge is 2.17. The molecular formula is C26H20N4O4S. The van der Waals surface area contributed by atoms with Crippen LogP contribution in [0.15, 0.2) is 72.1 Å². The molecule has 0 bridgehead atoms. The quantitative estimate of drug-likeness (QED) is 0.360. The van der Waals surface area contributed by atoms with Gasteiger partial charge in [0.1, 0.15) is 22.3 Å². The van der Waals surface area contributed by atoms with Crippen LogP contribution in [0.3, 0.4) is 0 Å². The Hall–Kier alpha value is -4.37. The maximum atomic E-state index is 12.5. The van der Waals surface area contributed by atoms with Gasteiger partial charge < -0.3 is 19.5 Å². The molecule has 9 heteroatoms. The van der Waals surface area contributed by atoms with Gasteiger partial charge in [-0.05, 0) is 41.1 Å². The minimum Gasteiger partial charge on any atom is -0.484 e. The standard InChI is InChI=1S/C26H20N4O4S/c1-30-24(28-25(31)13-32-19-8-6-16-4-2-3-5-17(16)10-19)12-20(29-30)26-27-21(14-35-26)18-7-9-22-23(11-18)34-15-33-22/h2-12,14H,13,15H2,1H3,(H,28,31). The van der Waals surface area contributed by atoms with Crippen molar-refractivity contribution < 1.29 is 19.0 Å². The van der Waals surface area contributed by atoms with Crippen LogP contribution in [0, 0.1) is 0 Å². The van der Waals surface area contributed by atoms with Crippen LogP contribution in [0.1, 0.15) is 0 Å². The lowest BCUT2D eigenvalue weighted by Crippen LogP contribution is -2.21. The van der Waals surface area contributed by atoms with Gasteiger partial charge in [0.25, 0.3) is 5.91 Å². The zero-order chi connectivity index (χ0) is 23.8.